The molecule has 4 atom stereocenters. The fourth-order valence-corrected chi connectivity index (χ4v) is 8.75. The van der Waals surface area contributed by atoms with E-state index >= 15 is 0 Å². The summed E-state index contributed by atoms with van der Waals surface area (Å²) in [5.74, 6) is -0.594. The second-order valence-corrected chi connectivity index (χ2v) is 19.3. The maximum Gasteiger partial charge on any atom is 0.249 e. The number of nitrogens with one attached hydrogen (secondary N) is 1. The van der Waals surface area contributed by atoms with E-state index in [9.17, 15) is 25.2 Å². The lowest BCUT2D eigenvalue weighted by Crippen LogP contribution is -2.53. The van der Waals surface area contributed by atoms with Gasteiger partial charge in [-0.15, -0.1) is 0 Å². The van der Waals surface area contributed by atoms with E-state index in [1.54, 1.807) is 0 Å². The third-order valence-corrected chi connectivity index (χ3v) is 13.1. The van der Waals surface area contributed by atoms with Gasteiger partial charge in [0, 0.05) is 0 Å². The van der Waals surface area contributed by atoms with E-state index in [-0.39, 0.29) is 0 Å². The van der Waals surface area contributed by atoms with Crippen LogP contribution in [0.25, 0.3) is 0 Å². The molecule has 0 saturated heterocycles. The maximum atomic E-state index is 12.6. The van der Waals surface area contributed by atoms with Crippen molar-refractivity contribution in [3.05, 3.63) is 24.3 Å². The summed E-state index contributed by atoms with van der Waals surface area (Å²) in [6, 6.07) is -1.00. The van der Waals surface area contributed by atoms with Crippen LogP contribution in [0.5, 0.6) is 0 Å². The van der Waals surface area contributed by atoms with E-state index in [1.165, 1.54) is 225 Å². The number of amides is 1. The van der Waals surface area contributed by atoms with Gasteiger partial charge in [-0.1, -0.05) is 256 Å². The molecule has 0 aromatic rings. The van der Waals surface area contributed by atoms with Gasteiger partial charge in [-0.25, -0.2) is 0 Å². The predicted octanol–water partition coefficient (Wildman–Crippen LogP) is 15.9. The van der Waals surface area contributed by atoms with Crippen molar-refractivity contribution in [1.29, 1.82) is 0 Å². The third-order valence-electron chi connectivity index (χ3n) is 13.1. The molecular weight excluding hydrogens is 767 g/mol. The molecule has 0 spiro atoms. The summed E-state index contributed by atoms with van der Waals surface area (Å²) in [5.41, 5.74) is 0. The summed E-state index contributed by atoms with van der Waals surface area (Å²) in [7, 11) is 0. The highest BCUT2D eigenvalue weighted by atomic mass is 16.3. The first kappa shape index (κ1) is 60.8. The molecule has 0 heterocycles. The van der Waals surface area contributed by atoms with Crippen LogP contribution in [-0.4, -0.2) is 57.3 Å². The second-order valence-electron chi connectivity index (χ2n) is 19.3. The zero-order chi connectivity index (χ0) is 45.2. The molecule has 0 aliphatic rings. The Morgan fingerprint density at radius 2 is 0.661 bits per heavy atom. The van der Waals surface area contributed by atoms with E-state index in [2.05, 4.69) is 43.5 Å². The molecule has 6 nitrogen and oxygen atoms in total. The average Bonchev–Trinajstić information content (AvgIpc) is 3.28. The molecular formula is C56H109NO5. The van der Waals surface area contributed by atoms with E-state index in [0.717, 1.165) is 44.9 Å². The molecule has 0 rings (SSSR count). The first-order chi connectivity index (χ1) is 30.5. The van der Waals surface area contributed by atoms with Gasteiger partial charge in [-0.3, -0.25) is 4.79 Å². The van der Waals surface area contributed by atoms with Crippen LogP contribution in [0.2, 0.25) is 0 Å². The Morgan fingerprint density at radius 1 is 0.387 bits per heavy atom. The van der Waals surface area contributed by atoms with Gasteiger partial charge >= 0.3 is 0 Å². The highest BCUT2D eigenvalue weighted by molar-refractivity contribution is 5.80. The minimum atomic E-state index is -1.28. The number of unbranched alkanes of at least 4 members (excludes halogenated alkanes) is 38. The Balaban J connectivity index is 3.67. The van der Waals surface area contributed by atoms with Crippen molar-refractivity contribution in [3.8, 4) is 0 Å². The fraction of sp³-hybridized carbons (Fsp3) is 0.911. The third kappa shape index (κ3) is 44.0. The summed E-state index contributed by atoms with van der Waals surface area (Å²) >= 11 is 0. The van der Waals surface area contributed by atoms with Gasteiger partial charge in [0.25, 0.3) is 0 Å². The number of hydrogen-bond acceptors (Lipinski definition) is 5. The van der Waals surface area contributed by atoms with Gasteiger partial charge in [-0.2, -0.15) is 0 Å². The smallest absolute Gasteiger partial charge is 0.249 e. The molecule has 6 heteroatoms. The second kappa shape index (κ2) is 50.8. The highest BCUT2D eigenvalue weighted by Gasteiger charge is 2.28. The molecule has 1 amide bonds. The molecule has 0 bridgehead atoms. The molecule has 0 aliphatic carbocycles. The molecule has 0 aliphatic heterocycles. The minimum Gasteiger partial charge on any atom is -0.394 e. The topological polar surface area (TPSA) is 110 Å². The van der Waals surface area contributed by atoms with Crippen LogP contribution in [-0.2, 0) is 4.79 Å². The number of rotatable bonds is 51. The maximum absolute atomic E-state index is 12.6. The molecule has 0 aromatic carbocycles. The molecule has 0 aromatic heterocycles. The number of carbonyl (C=O) groups excluding carboxylic acids is 1. The lowest BCUT2D eigenvalue weighted by atomic mass is 10.00. The first-order valence-electron chi connectivity index (χ1n) is 27.7. The zero-order valence-corrected chi connectivity index (χ0v) is 41.6. The highest BCUT2D eigenvalue weighted by Crippen LogP contribution is 2.17. The minimum absolute atomic E-state index is 0.357. The first-order valence-corrected chi connectivity index (χ1v) is 27.7. The monoisotopic (exact) mass is 876 g/mol. The van der Waals surface area contributed by atoms with Crippen LogP contribution < -0.4 is 5.32 Å². The van der Waals surface area contributed by atoms with E-state index in [4.69, 9.17) is 0 Å². The Morgan fingerprint density at radius 3 is 0.968 bits per heavy atom. The number of hydrogen-bond donors (Lipinski definition) is 5. The van der Waals surface area contributed by atoms with Gasteiger partial charge < -0.3 is 25.7 Å². The molecule has 62 heavy (non-hydrogen) atoms. The van der Waals surface area contributed by atoms with Crippen LogP contribution in [0.4, 0.5) is 0 Å². The van der Waals surface area contributed by atoms with E-state index < -0.39 is 36.9 Å². The molecule has 4 unspecified atom stereocenters. The SMILES string of the molecule is CCCCCCCCCCCCC/C=C\CCCCCCCCC(O)C(=O)NC(CO)C(O)C(O)CCC/C=C/CCCCCCCCCCCCCCCCCCCCCC. The van der Waals surface area contributed by atoms with Crippen molar-refractivity contribution in [2.24, 2.45) is 0 Å². The van der Waals surface area contributed by atoms with Crippen molar-refractivity contribution in [2.75, 3.05) is 6.61 Å². The summed E-state index contributed by atoms with van der Waals surface area (Å²) in [5, 5.41) is 43.9. The van der Waals surface area contributed by atoms with Crippen LogP contribution in [0.1, 0.15) is 296 Å². The quantitative estimate of drug-likeness (QED) is 0.0309. The van der Waals surface area contributed by atoms with Crippen molar-refractivity contribution in [3.63, 3.8) is 0 Å². The van der Waals surface area contributed by atoms with Gasteiger partial charge in [0.2, 0.25) is 5.91 Å². The van der Waals surface area contributed by atoms with Gasteiger partial charge in [-0.05, 0) is 64.2 Å². The standard InChI is InChI=1S/C56H109NO5/c1-3-5-7-9-11-13-15-17-19-21-23-25-26-27-28-30-31-33-35-37-39-41-43-45-47-49-53(59)55(61)52(51-58)57-56(62)54(60)50-48-46-44-42-40-38-36-34-32-29-24-22-20-18-16-14-12-10-8-6-4-2/h32,34,41,43,52-55,58-61H,3-31,33,35-40,42,44-51H2,1-2H3,(H,57,62)/b34-32-,43-41+. The van der Waals surface area contributed by atoms with Crippen LogP contribution in [0.3, 0.4) is 0 Å². The van der Waals surface area contributed by atoms with Crippen LogP contribution >= 0.6 is 0 Å². The van der Waals surface area contributed by atoms with Crippen molar-refractivity contribution >= 4 is 5.91 Å². The van der Waals surface area contributed by atoms with Crippen molar-refractivity contribution < 1.29 is 25.2 Å². The largest absolute Gasteiger partial charge is 0.394 e. The summed E-state index contributed by atoms with van der Waals surface area (Å²) in [6.07, 6.45) is 61.0. The van der Waals surface area contributed by atoms with Crippen molar-refractivity contribution in [1.82, 2.24) is 5.32 Å². The summed E-state index contributed by atoms with van der Waals surface area (Å²) in [4.78, 5) is 12.6. The van der Waals surface area contributed by atoms with Crippen LogP contribution in [0.15, 0.2) is 24.3 Å². The number of aliphatic hydroxyl groups is 4. The van der Waals surface area contributed by atoms with Crippen LogP contribution in [0, 0.1) is 0 Å². The number of allylic oxidation sites excluding steroid dienone is 4. The Bertz CT molecular complexity index is 939. The predicted molar refractivity (Wildman–Crippen MR) is 270 cm³/mol. The van der Waals surface area contributed by atoms with Crippen molar-refractivity contribution in [2.45, 2.75) is 321 Å². The number of carbonyl (C=O) groups is 1. The van der Waals surface area contributed by atoms with Gasteiger partial charge in [0.1, 0.15) is 12.2 Å². The summed E-state index contributed by atoms with van der Waals surface area (Å²) < 4.78 is 0. The molecule has 0 saturated carbocycles. The fourth-order valence-electron chi connectivity index (χ4n) is 8.75. The zero-order valence-electron chi connectivity index (χ0n) is 41.6. The van der Waals surface area contributed by atoms with E-state index in [1.807, 2.05) is 0 Å². The normalized spacial score (nSPS) is 14.0. The van der Waals surface area contributed by atoms with Gasteiger partial charge in [0.05, 0.1) is 18.8 Å². The Hall–Kier alpha value is -1.21. The molecule has 0 fully saturated rings. The molecule has 368 valence electrons. The molecule has 0 radical (unpaired) electrons. The number of aliphatic hydroxyl groups excluding tert-OH is 4. The van der Waals surface area contributed by atoms with E-state index in [0.29, 0.717) is 12.8 Å². The Labute approximate surface area is 386 Å². The Kier molecular flexibility index (Phi) is 49.8. The average molecular weight is 876 g/mol. The lowest BCUT2D eigenvalue weighted by Gasteiger charge is -2.27. The molecule has 5 N–H and O–H groups in total. The lowest BCUT2D eigenvalue weighted by molar-refractivity contribution is -0.132. The van der Waals surface area contributed by atoms with Gasteiger partial charge in [0.15, 0.2) is 0 Å². The summed E-state index contributed by atoms with van der Waals surface area (Å²) in [6.45, 7) is 4.07.